The van der Waals surface area contributed by atoms with Gasteiger partial charge in [-0.2, -0.15) is 0 Å². The maximum Gasteiger partial charge on any atom is 0.175 e. The van der Waals surface area contributed by atoms with E-state index in [-0.39, 0.29) is 21.9 Å². The summed E-state index contributed by atoms with van der Waals surface area (Å²) in [5.74, 6) is 1.85. The molecule has 3 nitrogen and oxygen atoms in total. The van der Waals surface area contributed by atoms with Crippen LogP contribution in [0, 0.1) is 28.6 Å². The number of hydrogen-bond acceptors (Lipinski definition) is 3. The Morgan fingerprint density at radius 2 is 1.88 bits per heavy atom. The lowest BCUT2D eigenvalue weighted by molar-refractivity contribution is -0.159. The highest BCUT2D eigenvalue weighted by Crippen LogP contribution is 2.67. The molecule has 4 aliphatic rings. The highest BCUT2D eigenvalue weighted by atomic mass is 79.9. The second-order valence-corrected chi connectivity index (χ2v) is 9.94. The van der Waals surface area contributed by atoms with Crippen LogP contribution in [0.25, 0.3) is 0 Å². The summed E-state index contributed by atoms with van der Waals surface area (Å²) in [6.45, 7) is 4.54. The molecule has 0 aliphatic heterocycles. The van der Waals surface area contributed by atoms with Crippen LogP contribution in [0.2, 0.25) is 0 Å². The van der Waals surface area contributed by atoms with Crippen LogP contribution in [0.5, 0.6) is 0 Å². The molecule has 4 rings (SSSR count). The van der Waals surface area contributed by atoms with Crippen LogP contribution in [0.15, 0.2) is 11.6 Å². The summed E-state index contributed by atoms with van der Waals surface area (Å²) in [4.78, 5) is 24.4. The van der Waals surface area contributed by atoms with E-state index < -0.39 is 5.60 Å². The van der Waals surface area contributed by atoms with Crippen molar-refractivity contribution in [2.75, 3.05) is 5.33 Å². The van der Waals surface area contributed by atoms with Gasteiger partial charge in [-0.25, -0.2) is 0 Å². The van der Waals surface area contributed by atoms with Crippen molar-refractivity contribution < 1.29 is 14.7 Å². The van der Waals surface area contributed by atoms with E-state index in [1.54, 1.807) is 0 Å². The van der Waals surface area contributed by atoms with E-state index in [4.69, 9.17) is 0 Å². The largest absolute Gasteiger partial charge is 0.381 e. The second kappa shape index (κ2) is 5.76. The van der Waals surface area contributed by atoms with Crippen LogP contribution >= 0.6 is 15.9 Å². The molecule has 0 amide bonds. The number of hydrogen-bond donors (Lipinski definition) is 1. The van der Waals surface area contributed by atoms with Gasteiger partial charge in [-0.3, -0.25) is 9.59 Å². The molecule has 0 aromatic heterocycles. The van der Waals surface area contributed by atoms with Crippen molar-refractivity contribution in [1.29, 1.82) is 0 Å². The summed E-state index contributed by atoms with van der Waals surface area (Å²) in [7, 11) is 0. The van der Waals surface area contributed by atoms with Gasteiger partial charge in [0, 0.05) is 11.8 Å². The van der Waals surface area contributed by atoms with Gasteiger partial charge >= 0.3 is 0 Å². The number of ketones is 2. The zero-order valence-corrected chi connectivity index (χ0v) is 16.9. The third-order valence-electron chi connectivity index (χ3n) is 8.70. The Labute approximate surface area is 158 Å². The number of fused-ring (bicyclic) bond motifs is 5. The number of rotatable bonds is 2. The molecule has 3 saturated carbocycles. The zero-order valence-electron chi connectivity index (χ0n) is 15.3. The molecule has 6 unspecified atom stereocenters. The molecule has 138 valence electrons. The molecule has 3 fully saturated rings. The first-order valence-corrected chi connectivity index (χ1v) is 10.9. The van der Waals surface area contributed by atoms with E-state index in [1.165, 1.54) is 5.57 Å². The van der Waals surface area contributed by atoms with Crippen LogP contribution in [-0.2, 0) is 9.59 Å². The summed E-state index contributed by atoms with van der Waals surface area (Å²) >= 11 is 3.28. The average Bonchev–Trinajstić information content (AvgIpc) is 2.87. The number of carbonyl (C=O) groups is 2. The van der Waals surface area contributed by atoms with Crippen LogP contribution < -0.4 is 0 Å². The summed E-state index contributed by atoms with van der Waals surface area (Å²) in [5, 5.41) is 11.5. The van der Waals surface area contributed by atoms with E-state index in [2.05, 4.69) is 29.8 Å². The second-order valence-electron chi connectivity index (χ2n) is 9.38. The Morgan fingerprint density at radius 3 is 2.60 bits per heavy atom. The van der Waals surface area contributed by atoms with Gasteiger partial charge in [-0.05, 0) is 74.2 Å². The fourth-order valence-corrected chi connectivity index (χ4v) is 7.61. The maximum absolute atomic E-state index is 12.5. The lowest BCUT2D eigenvalue weighted by Gasteiger charge is -2.58. The Balaban J connectivity index is 1.68. The summed E-state index contributed by atoms with van der Waals surface area (Å²) in [5.41, 5.74) is 0.0730. The van der Waals surface area contributed by atoms with Gasteiger partial charge in [0.2, 0.25) is 0 Å². The predicted molar refractivity (Wildman–Crippen MR) is 100 cm³/mol. The fraction of sp³-hybridized carbons (Fsp3) is 0.810. The van der Waals surface area contributed by atoms with Crippen molar-refractivity contribution in [3.63, 3.8) is 0 Å². The summed E-state index contributed by atoms with van der Waals surface area (Å²) < 4.78 is 0. The minimum Gasteiger partial charge on any atom is -0.381 e. The molecule has 0 aromatic carbocycles. The van der Waals surface area contributed by atoms with Crippen molar-refractivity contribution in [2.45, 2.75) is 70.8 Å². The smallest absolute Gasteiger partial charge is 0.175 e. The van der Waals surface area contributed by atoms with Gasteiger partial charge in [-0.15, -0.1) is 0 Å². The van der Waals surface area contributed by atoms with Crippen molar-refractivity contribution in [3.05, 3.63) is 11.6 Å². The van der Waals surface area contributed by atoms with Gasteiger partial charge in [0.05, 0.1) is 5.33 Å². The van der Waals surface area contributed by atoms with Crippen molar-refractivity contribution in [2.24, 2.45) is 28.6 Å². The molecule has 25 heavy (non-hydrogen) atoms. The van der Waals surface area contributed by atoms with E-state index in [1.807, 2.05) is 6.08 Å². The van der Waals surface area contributed by atoms with Gasteiger partial charge < -0.3 is 5.11 Å². The number of aliphatic hydroxyl groups is 1. The first kappa shape index (κ1) is 17.9. The molecule has 4 heteroatoms. The van der Waals surface area contributed by atoms with Crippen LogP contribution in [0.4, 0.5) is 0 Å². The molecular formula is C21H29BrO3. The number of Topliss-reactive ketones (excluding diaryl/α,β-unsaturated/α-hetero) is 1. The molecule has 0 bridgehead atoms. The number of carbonyl (C=O) groups excluding carboxylic acids is 2. The molecule has 0 saturated heterocycles. The Hall–Kier alpha value is -0.480. The van der Waals surface area contributed by atoms with Crippen molar-refractivity contribution >= 4 is 27.5 Å². The predicted octanol–water partition coefficient (Wildman–Crippen LogP) is 4.21. The van der Waals surface area contributed by atoms with Gasteiger partial charge in [0.15, 0.2) is 11.6 Å². The Morgan fingerprint density at radius 1 is 1.16 bits per heavy atom. The molecular weight excluding hydrogens is 380 g/mol. The van der Waals surface area contributed by atoms with E-state index >= 15 is 0 Å². The molecule has 6 atom stereocenters. The quantitative estimate of drug-likeness (QED) is 0.695. The normalized spacial score (nSPS) is 49.0. The Kier molecular flexibility index (Phi) is 4.12. The topological polar surface area (TPSA) is 54.4 Å². The minimum atomic E-state index is -1.16. The first-order valence-electron chi connectivity index (χ1n) is 9.82. The van der Waals surface area contributed by atoms with Crippen LogP contribution in [0.3, 0.4) is 0 Å². The van der Waals surface area contributed by atoms with Crippen molar-refractivity contribution in [3.8, 4) is 0 Å². The third kappa shape index (κ3) is 2.25. The zero-order chi connectivity index (χ0) is 18.0. The molecule has 1 N–H and O–H groups in total. The van der Waals surface area contributed by atoms with Gasteiger partial charge in [0.1, 0.15) is 5.60 Å². The lowest BCUT2D eigenvalue weighted by atomic mass is 9.46. The van der Waals surface area contributed by atoms with E-state index in [9.17, 15) is 14.7 Å². The third-order valence-corrected chi connectivity index (χ3v) is 9.21. The number of allylic oxidation sites excluding steroid dienone is 1. The maximum atomic E-state index is 12.5. The number of halogens is 1. The molecule has 0 heterocycles. The van der Waals surface area contributed by atoms with Crippen LogP contribution in [-0.4, -0.2) is 27.6 Å². The van der Waals surface area contributed by atoms with Gasteiger partial charge in [-0.1, -0.05) is 35.4 Å². The first-order chi connectivity index (χ1) is 11.8. The standard InChI is InChI=1S/C21H29BrO3/c1-19-8-5-14(23)11-13(19)3-4-15-16(19)6-9-20(2)17(15)7-10-21(20,25)18(24)12-22/h11,15-17,25H,3-10,12H2,1-2H3. The van der Waals surface area contributed by atoms with Gasteiger partial charge in [0.25, 0.3) is 0 Å². The molecule has 0 spiro atoms. The number of alkyl halides is 1. The average molecular weight is 409 g/mol. The lowest BCUT2D eigenvalue weighted by Crippen LogP contribution is -2.57. The van der Waals surface area contributed by atoms with E-state index in [0.717, 1.165) is 38.5 Å². The Bertz CT molecular complexity index is 656. The van der Waals surface area contributed by atoms with Crippen LogP contribution in [0.1, 0.15) is 65.2 Å². The molecule has 0 radical (unpaired) electrons. The minimum absolute atomic E-state index is 0.0400. The monoisotopic (exact) mass is 408 g/mol. The highest BCUT2D eigenvalue weighted by Gasteiger charge is 2.65. The highest BCUT2D eigenvalue weighted by molar-refractivity contribution is 9.09. The summed E-state index contributed by atoms with van der Waals surface area (Å²) in [6, 6.07) is 0. The van der Waals surface area contributed by atoms with Crippen molar-refractivity contribution in [1.82, 2.24) is 0 Å². The molecule has 4 aliphatic carbocycles. The molecule has 0 aromatic rings. The van der Waals surface area contributed by atoms with E-state index in [0.29, 0.717) is 36.4 Å². The SMILES string of the molecule is CC12CCC(=O)C=C1CCC1C2CCC2(C)C1CCC2(O)C(=O)CBr. The fourth-order valence-electron chi connectivity index (χ4n) is 7.14. The summed E-state index contributed by atoms with van der Waals surface area (Å²) in [6.07, 6.45) is 9.28.